The van der Waals surface area contributed by atoms with E-state index in [1.807, 2.05) is 30.3 Å². The van der Waals surface area contributed by atoms with Gasteiger partial charge in [0.05, 0.1) is 60.2 Å². The maximum absolute atomic E-state index is 13.2. The molecule has 6 aromatic carbocycles. The van der Waals surface area contributed by atoms with E-state index in [1.54, 1.807) is 264 Å². The second-order valence-electron chi connectivity index (χ2n) is 32.3. The molecule has 14 rings (SSSR count). The van der Waals surface area contributed by atoms with Crippen molar-refractivity contribution in [2.75, 3.05) is 84.6 Å². The van der Waals surface area contributed by atoms with Gasteiger partial charge in [0.2, 0.25) is 0 Å². The molecule has 0 fully saturated rings. The number of aromatic nitrogens is 12. The molecular formula is C97H98F18N18O6S2. The Morgan fingerprint density at radius 1 is 0.284 bits per heavy atom. The molecule has 0 spiro atoms. The third-order valence-corrected chi connectivity index (χ3v) is 22.5. The summed E-state index contributed by atoms with van der Waals surface area (Å²) in [4.78, 5) is 82.0. The molecule has 0 atom stereocenters. The molecule has 0 radical (unpaired) electrons. The van der Waals surface area contributed by atoms with Crippen LogP contribution in [0.25, 0.3) is 71.9 Å². The normalized spacial score (nSPS) is 11.6. The van der Waals surface area contributed by atoms with Gasteiger partial charge in [-0.15, -0.1) is 22.7 Å². The van der Waals surface area contributed by atoms with E-state index in [4.69, 9.17) is 0 Å². The second kappa shape index (κ2) is 46.5. The summed E-state index contributed by atoms with van der Waals surface area (Å²) in [6, 6.07) is 56.1. The lowest BCUT2D eigenvalue weighted by Gasteiger charge is -2.11. The number of alkyl halides is 18. The van der Waals surface area contributed by atoms with Gasteiger partial charge in [-0.05, 0) is 165 Å². The second-order valence-corrected chi connectivity index (χ2v) is 34.4. The van der Waals surface area contributed by atoms with E-state index in [1.165, 1.54) is 48.1 Å². The molecule has 0 bridgehead atoms. The van der Waals surface area contributed by atoms with E-state index in [9.17, 15) is 108 Å². The van der Waals surface area contributed by atoms with E-state index in [0.29, 0.717) is 118 Å². The number of nitrogens with zero attached hydrogens (tertiary/aromatic N) is 18. The fourth-order valence-corrected chi connectivity index (χ4v) is 15.3. The standard InChI is InChI=1S/C20H18F3N3O.C19H16F3N3O.C16H18F3N3O.C15H16F3N3O.C14H16F3N3OS.C13H14F3N3OS/c1-25(2)19(27)16-10-8-15(9-11-16)17-12-18(20(21,22)23)24-26(17)13-14-6-4-3-5-7-14;1-24(2)18(26)14-10-8-13(9-11-14)16-12-17(19(20,21)22)23-25(16)15-6-4-3-5-7-15;1-4-9-22-14(16(17,18)19)10-13(20-22)11-5-7-12(8-6-11)15(23)21(2)3;1-4-21-12(9-13(19-21)15(16,17)18)10-5-7-11(8-6-10)14(22)20(2)3;1-4-7-20-12(14(15,16)17)8-9(18-20)10-5-6-11(22-10)13(21)19(2)3;1-4-19-8(7-11(17-19)13(14,15)16)9-5-6-10(21-9)12(20)18(2)3/h3-12H,13H2,1-2H3;3-12H,1-2H3;5-8,10H,4,9H2,1-3H3;5-9H,4H2,1-3H3;5-6,8H,4,7H2,1-3H3;5-7H,4H2,1-3H3. The average Bonchev–Trinajstić information content (AvgIpc) is 1.65. The van der Waals surface area contributed by atoms with Crippen molar-refractivity contribution in [1.82, 2.24) is 88.1 Å². The molecule has 0 aliphatic rings. The number of thiophene rings is 2. The Hall–Kier alpha value is -14.5. The van der Waals surface area contributed by atoms with Gasteiger partial charge in [0.15, 0.2) is 22.8 Å². The molecule has 44 heteroatoms. The van der Waals surface area contributed by atoms with Crippen molar-refractivity contribution in [3.05, 3.63) is 290 Å². The minimum absolute atomic E-state index is 0.161. The van der Waals surface area contributed by atoms with Crippen LogP contribution in [0.15, 0.2) is 218 Å². The quantitative estimate of drug-likeness (QED) is 0.0612. The minimum Gasteiger partial charge on any atom is -0.345 e. The van der Waals surface area contributed by atoms with Gasteiger partial charge >= 0.3 is 37.1 Å². The molecule has 8 heterocycles. The lowest BCUT2D eigenvalue weighted by molar-refractivity contribution is -0.145. The zero-order chi connectivity index (χ0) is 104. The number of para-hydroxylation sites is 1. The summed E-state index contributed by atoms with van der Waals surface area (Å²) in [7, 11) is 19.6. The maximum atomic E-state index is 13.2. The molecule has 141 heavy (non-hydrogen) atoms. The highest BCUT2D eigenvalue weighted by Gasteiger charge is 2.41. The Labute approximate surface area is 806 Å². The predicted octanol–water partition coefficient (Wildman–Crippen LogP) is 22.6. The SMILES string of the molecule is CCCn1nc(-c2ccc(C(=O)N(C)C)cc2)cc1C(F)(F)F.CCCn1nc(-c2ccc(C(=O)N(C)C)s2)cc1C(F)(F)F.CCn1nc(C(F)(F)F)cc1-c1ccc(C(=O)N(C)C)cc1.CCn1nc(C(F)(F)F)cc1-c1ccc(C(=O)N(C)C)s1.CN(C)C(=O)c1ccc(-c2cc(C(F)(F)F)nn2-c2ccccc2)cc1.CN(C)C(=O)c1ccc(-c2cc(C(F)(F)F)nn2Cc2ccccc2)cc1. The summed E-state index contributed by atoms with van der Waals surface area (Å²) >= 11 is 2.30. The van der Waals surface area contributed by atoms with Crippen LogP contribution in [0.2, 0.25) is 0 Å². The largest absolute Gasteiger partial charge is 0.435 e. The molecule has 0 unspecified atom stereocenters. The number of halogens is 18. The highest BCUT2D eigenvalue weighted by molar-refractivity contribution is 7.17. The topological polar surface area (TPSA) is 229 Å². The molecule has 0 aliphatic heterocycles. The first-order valence-electron chi connectivity index (χ1n) is 42.9. The van der Waals surface area contributed by atoms with Crippen LogP contribution in [0.5, 0.6) is 0 Å². The smallest absolute Gasteiger partial charge is 0.345 e. The average molecular weight is 2020 g/mol. The lowest BCUT2D eigenvalue weighted by Crippen LogP contribution is -2.21. The lowest BCUT2D eigenvalue weighted by atomic mass is 10.1. The number of benzene rings is 6. The van der Waals surface area contributed by atoms with E-state index < -0.39 is 71.2 Å². The van der Waals surface area contributed by atoms with Crippen molar-refractivity contribution in [3.8, 4) is 71.9 Å². The summed E-state index contributed by atoms with van der Waals surface area (Å²) in [5.41, 5.74) is 2.05. The van der Waals surface area contributed by atoms with Gasteiger partial charge in [0.1, 0.15) is 17.1 Å². The van der Waals surface area contributed by atoms with E-state index in [0.717, 1.165) is 74.0 Å². The number of amides is 6. The zero-order valence-corrected chi connectivity index (χ0v) is 80.5. The molecular weight excluding hydrogens is 1920 g/mol. The number of aryl methyl sites for hydroxylation is 4. The van der Waals surface area contributed by atoms with Crippen LogP contribution < -0.4 is 0 Å². The number of carbonyl (C=O) groups excluding carboxylic acids is 6. The third-order valence-electron chi connectivity index (χ3n) is 20.3. The molecule has 750 valence electrons. The maximum Gasteiger partial charge on any atom is 0.435 e. The van der Waals surface area contributed by atoms with Crippen LogP contribution in [0.1, 0.15) is 141 Å². The molecule has 6 amide bonds. The van der Waals surface area contributed by atoms with Gasteiger partial charge in [-0.2, -0.15) is 110 Å². The summed E-state index contributed by atoms with van der Waals surface area (Å²) in [5, 5.41) is 22.7. The van der Waals surface area contributed by atoms with Crippen molar-refractivity contribution >= 4 is 58.1 Å². The van der Waals surface area contributed by atoms with Gasteiger partial charge in [-0.25, -0.2) is 4.68 Å². The summed E-state index contributed by atoms with van der Waals surface area (Å²) in [6.07, 6.45) is -25.8. The number of rotatable bonds is 21. The van der Waals surface area contributed by atoms with Crippen molar-refractivity contribution in [2.24, 2.45) is 0 Å². The van der Waals surface area contributed by atoms with Crippen LogP contribution in [0, 0.1) is 0 Å². The highest BCUT2D eigenvalue weighted by Crippen LogP contribution is 2.41. The summed E-state index contributed by atoms with van der Waals surface area (Å²) in [5.74, 6) is -1.03. The Morgan fingerprint density at radius 2 is 0.582 bits per heavy atom. The Morgan fingerprint density at radius 3 is 0.936 bits per heavy atom. The van der Waals surface area contributed by atoms with E-state index >= 15 is 0 Å². The zero-order valence-electron chi connectivity index (χ0n) is 78.9. The first kappa shape index (κ1) is 110. The van der Waals surface area contributed by atoms with Crippen LogP contribution >= 0.6 is 22.7 Å². The predicted molar refractivity (Wildman–Crippen MR) is 499 cm³/mol. The van der Waals surface area contributed by atoms with Gasteiger partial charge in [0, 0.05) is 144 Å². The molecule has 0 saturated carbocycles. The van der Waals surface area contributed by atoms with Crippen molar-refractivity contribution in [1.29, 1.82) is 0 Å². The number of hydrogen-bond donors (Lipinski definition) is 0. The molecule has 24 nitrogen and oxygen atoms in total. The number of hydrogen-bond acceptors (Lipinski definition) is 14. The molecule has 0 aliphatic carbocycles. The third kappa shape index (κ3) is 28.9. The van der Waals surface area contributed by atoms with Gasteiger partial charge in [-0.3, -0.25) is 52.2 Å². The monoisotopic (exact) mass is 2020 g/mol. The van der Waals surface area contributed by atoms with E-state index in [2.05, 4.69) is 30.6 Å². The Balaban J connectivity index is 0.000000189. The minimum atomic E-state index is -4.55. The first-order valence-corrected chi connectivity index (χ1v) is 44.5. The Bertz CT molecular complexity index is 6560. The van der Waals surface area contributed by atoms with Crippen molar-refractivity contribution < 1.29 is 108 Å². The highest BCUT2D eigenvalue weighted by atomic mass is 32.1. The Kier molecular flexibility index (Phi) is 36.4. The van der Waals surface area contributed by atoms with Crippen LogP contribution in [0.3, 0.4) is 0 Å². The van der Waals surface area contributed by atoms with Crippen LogP contribution in [0.4, 0.5) is 79.0 Å². The van der Waals surface area contributed by atoms with Crippen molar-refractivity contribution in [2.45, 2.75) is 110 Å². The van der Waals surface area contributed by atoms with E-state index in [-0.39, 0.29) is 66.5 Å². The fourth-order valence-electron chi connectivity index (χ4n) is 13.3. The molecule has 0 saturated heterocycles. The summed E-state index contributed by atoms with van der Waals surface area (Å²) < 4.78 is 241. The summed E-state index contributed by atoms with van der Waals surface area (Å²) in [6.45, 7) is 8.28. The fraction of sp³-hybridized carbons (Fsp3) is 0.299. The molecule has 8 aromatic heterocycles. The number of carbonyl (C=O) groups is 6. The first-order chi connectivity index (χ1) is 66.0. The van der Waals surface area contributed by atoms with Gasteiger partial charge < -0.3 is 29.4 Å². The van der Waals surface area contributed by atoms with Gasteiger partial charge in [0.25, 0.3) is 35.4 Å². The van der Waals surface area contributed by atoms with Crippen molar-refractivity contribution in [3.63, 3.8) is 0 Å². The molecule has 14 aromatic rings. The van der Waals surface area contributed by atoms with Crippen LogP contribution in [-0.2, 0) is 69.8 Å². The molecule has 0 N–H and O–H groups in total. The van der Waals surface area contributed by atoms with Gasteiger partial charge in [-0.1, -0.05) is 111 Å². The van der Waals surface area contributed by atoms with Crippen LogP contribution in [-0.4, -0.2) is 208 Å².